The van der Waals surface area contributed by atoms with Crippen molar-refractivity contribution in [3.63, 3.8) is 0 Å². The van der Waals surface area contributed by atoms with Crippen LogP contribution < -0.4 is 9.67 Å². The van der Waals surface area contributed by atoms with Crippen LogP contribution in [0.3, 0.4) is 0 Å². The summed E-state index contributed by atoms with van der Waals surface area (Å²) in [5.41, 5.74) is 0. The van der Waals surface area contributed by atoms with Crippen LogP contribution in [0.25, 0.3) is 0 Å². The highest BCUT2D eigenvalue weighted by atomic mass is 16.4. The number of nitrogens with one attached hydrogen (secondary N) is 1. The van der Waals surface area contributed by atoms with Crippen LogP contribution in [0, 0.1) is 0 Å². The van der Waals surface area contributed by atoms with Crippen molar-refractivity contribution < 1.29 is 14.5 Å². The summed E-state index contributed by atoms with van der Waals surface area (Å²) in [6.07, 6.45) is 7.41. The number of carboxylic acid groups (broad SMARTS) is 1. The van der Waals surface area contributed by atoms with E-state index < -0.39 is 5.97 Å². The second kappa shape index (κ2) is 6.88. The molecule has 0 atom stereocenters. The minimum Gasteiger partial charge on any atom is -0.545 e. The van der Waals surface area contributed by atoms with E-state index in [2.05, 4.69) is 16.5 Å². The monoisotopic (exact) mass is 196 g/mol. The molecule has 0 amide bonds. The fourth-order valence-corrected chi connectivity index (χ4v) is 0.925. The number of imidazole rings is 1. The number of allylic oxidation sites excluding steroid dienone is 1. The molecular weight excluding hydrogens is 180 g/mol. The second-order valence-electron chi connectivity index (χ2n) is 2.69. The maximum Gasteiger partial charge on any atom is 0.253 e. The third-order valence-corrected chi connectivity index (χ3v) is 1.61. The molecule has 0 radical (unpaired) electrons. The largest absolute Gasteiger partial charge is 0.545 e. The predicted octanol–water partition coefficient (Wildman–Crippen LogP) is -0.286. The Morgan fingerprint density at radius 2 is 2.36 bits per heavy atom. The Balaban J connectivity index is 0.000000255. The Morgan fingerprint density at radius 3 is 2.50 bits per heavy atom. The molecule has 1 rings (SSSR count). The molecule has 0 spiro atoms. The van der Waals surface area contributed by atoms with Gasteiger partial charge in [-0.2, -0.15) is 0 Å². The van der Waals surface area contributed by atoms with Gasteiger partial charge in [-0.25, -0.2) is 9.55 Å². The van der Waals surface area contributed by atoms with Gasteiger partial charge in [-0.15, -0.1) is 0 Å². The molecular formula is C10H16N2O2. The van der Waals surface area contributed by atoms with Crippen LogP contribution in [0.15, 0.2) is 24.5 Å². The lowest BCUT2D eigenvalue weighted by molar-refractivity contribution is -0.677. The smallest absolute Gasteiger partial charge is 0.253 e. The number of H-pyrrole nitrogens is 1. The van der Waals surface area contributed by atoms with Gasteiger partial charge in [-0.3, -0.25) is 0 Å². The predicted molar refractivity (Wildman–Crippen MR) is 51.2 cm³/mol. The molecule has 14 heavy (non-hydrogen) atoms. The lowest BCUT2D eigenvalue weighted by Crippen LogP contribution is -2.29. The molecule has 0 aliphatic carbocycles. The number of carbonyl (C=O) groups excluding carboxylic acids is 1. The number of rotatable bonds is 2. The third-order valence-electron chi connectivity index (χ3n) is 1.61. The van der Waals surface area contributed by atoms with Crippen molar-refractivity contribution in [2.75, 3.05) is 0 Å². The number of aromatic nitrogens is 2. The number of hydrogen-bond donors (Lipinski definition) is 1. The first-order valence-electron chi connectivity index (χ1n) is 4.47. The zero-order chi connectivity index (χ0) is 11.0. The fraction of sp³-hybridized carbons (Fsp3) is 0.400. The Kier molecular flexibility index (Phi) is 6.11. The zero-order valence-electron chi connectivity index (χ0n) is 8.78. The van der Waals surface area contributed by atoms with Gasteiger partial charge >= 0.3 is 0 Å². The summed E-state index contributed by atoms with van der Waals surface area (Å²) >= 11 is 0. The highest BCUT2D eigenvalue weighted by Gasteiger charge is 1.99. The van der Waals surface area contributed by atoms with E-state index in [1.54, 1.807) is 6.92 Å². The molecule has 0 fully saturated rings. The molecule has 1 aromatic rings. The highest BCUT2D eigenvalue weighted by Crippen LogP contribution is 1.82. The number of carboxylic acids is 1. The van der Waals surface area contributed by atoms with Crippen molar-refractivity contribution in [1.82, 2.24) is 4.98 Å². The lowest BCUT2D eigenvalue weighted by atomic mass is 10.5. The van der Waals surface area contributed by atoms with Crippen LogP contribution in [0.1, 0.15) is 19.7 Å². The quantitative estimate of drug-likeness (QED) is 0.522. The molecule has 1 aromatic heterocycles. The summed E-state index contributed by atoms with van der Waals surface area (Å²) in [6, 6.07) is 0. The molecule has 0 saturated heterocycles. The van der Waals surface area contributed by atoms with Crippen molar-refractivity contribution in [1.29, 1.82) is 0 Å². The summed E-state index contributed by atoms with van der Waals surface area (Å²) in [6.45, 7) is 3.75. The van der Waals surface area contributed by atoms with Gasteiger partial charge in [0.1, 0.15) is 12.4 Å². The van der Waals surface area contributed by atoms with E-state index in [-0.39, 0.29) is 0 Å². The summed E-state index contributed by atoms with van der Waals surface area (Å²) < 4.78 is 2.08. The summed E-state index contributed by atoms with van der Waals surface area (Å²) in [4.78, 5) is 12.5. The van der Waals surface area contributed by atoms with Crippen LogP contribution in [0.2, 0.25) is 0 Å². The molecule has 0 bridgehead atoms. The lowest BCUT2D eigenvalue weighted by Gasteiger charge is -1.83. The zero-order valence-corrected chi connectivity index (χ0v) is 8.78. The van der Waals surface area contributed by atoms with Crippen molar-refractivity contribution in [2.24, 2.45) is 7.05 Å². The number of nitrogens with zero attached hydrogens (tertiary/aromatic N) is 1. The Labute approximate surface area is 83.9 Å². The molecule has 78 valence electrons. The van der Waals surface area contributed by atoms with Gasteiger partial charge in [0.25, 0.3) is 5.82 Å². The highest BCUT2D eigenvalue weighted by molar-refractivity contribution is 5.77. The molecule has 0 aliphatic rings. The van der Waals surface area contributed by atoms with E-state index in [1.165, 1.54) is 11.9 Å². The van der Waals surface area contributed by atoms with E-state index >= 15 is 0 Å². The molecule has 0 aromatic carbocycles. The topological polar surface area (TPSA) is 59.8 Å². The number of aromatic amines is 1. The summed E-state index contributed by atoms with van der Waals surface area (Å²) in [5.74, 6) is 0.127. The molecule has 1 N–H and O–H groups in total. The summed E-state index contributed by atoms with van der Waals surface area (Å²) in [5, 5.41) is 9.40. The number of aliphatic carboxylic acids is 1. The van der Waals surface area contributed by atoms with Crippen LogP contribution in [-0.2, 0) is 18.3 Å². The normalized spacial score (nSPS) is 9.64. The SMILES string of the molecule is C/C=C/C(=O)[O-].CCc1[nH]cc[n+]1C. The Morgan fingerprint density at radius 1 is 1.71 bits per heavy atom. The van der Waals surface area contributed by atoms with Gasteiger partial charge in [0.2, 0.25) is 0 Å². The average molecular weight is 196 g/mol. The van der Waals surface area contributed by atoms with Crippen molar-refractivity contribution >= 4 is 5.97 Å². The van der Waals surface area contributed by atoms with Gasteiger partial charge < -0.3 is 9.90 Å². The van der Waals surface area contributed by atoms with Gasteiger partial charge in [-0.1, -0.05) is 13.0 Å². The third kappa shape index (κ3) is 5.13. The van der Waals surface area contributed by atoms with Crippen LogP contribution in [0.5, 0.6) is 0 Å². The van der Waals surface area contributed by atoms with Crippen LogP contribution in [0.4, 0.5) is 0 Å². The van der Waals surface area contributed by atoms with Crippen molar-refractivity contribution in [3.05, 3.63) is 30.4 Å². The van der Waals surface area contributed by atoms with Crippen LogP contribution in [-0.4, -0.2) is 11.0 Å². The van der Waals surface area contributed by atoms with Gasteiger partial charge in [0, 0.05) is 6.42 Å². The fourth-order valence-electron chi connectivity index (χ4n) is 0.925. The van der Waals surface area contributed by atoms with E-state index in [1.807, 2.05) is 19.4 Å². The maximum absolute atomic E-state index is 9.40. The van der Waals surface area contributed by atoms with Gasteiger partial charge in [-0.05, 0) is 13.0 Å². The number of carbonyl (C=O) groups is 1. The summed E-state index contributed by atoms with van der Waals surface area (Å²) in [7, 11) is 2.04. The Hall–Kier alpha value is -1.58. The molecule has 4 nitrogen and oxygen atoms in total. The number of hydrogen-bond acceptors (Lipinski definition) is 2. The standard InChI is InChI=1S/C6H10N2.C4H6O2/c1-3-6-7-4-5-8(6)2;1-2-3-4(5)6/h4-5H,3H2,1-2H3;2-3H,1H3,(H,5,6)/b;3-2+. The van der Waals surface area contributed by atoms with Crippen molar-refractivity contribution in [2.45, 2.75) is 20.3 Å². The average Bonchev–Trinajstić information content (AvgIpc) is 2.51. The molecule has 0 unspecified atom stereocenters. The van der Waals surface area contributed by atoms with E-state index in [9.17, 15) is 9.90 Å². The molecule has 1 heterocycles. The first-order chi connectivity index (χ1) is 6.61. The van der Waals surface area contributed by atoms with E-state index in [4.69, 9.17) is 0 Å². The molecule has 4 heteroatoms. The first kappa shape index (κ1) is 12.4. The van der Waals surface area contributed by atoms with E-state index in [0.29, 0.717) is 0 Å². The molecule has 0 aliphatic heterocycles. The minimum absolute atomic E-state index is 0.972. The van der Waals surface area contributed by atoms with Gasteiger partial charge in [0.05, 0.1) is 13.0 Å². The van der Waals surface area contributed by atoms with Crippen molar-refractivity contribution in [3.8, 4) is 0 Å². The first-order valence-corrected chi connectivity index (χ1v) is 4.47. The minimum atomic E-state index is -1.14. The van der Waals surface area contributed by atoms with E-state index in [0.717, 1.165) is 12.5 Å². The number of aryl methyl sites for hydroxylation is 2. The van der Waals surface area contributed by atoms with Gasteiger partial charge in [0.15, 0.2) is 0 Å². The Bertz CT molecular complexity index is 303. The maximum atomic E-state index is 9.40. The second-order valence-corrected chi connectivity index (χ2v) is 2.69. The van der Waals surface area contributed by atoms with Crippen LogP contribution >= 0.6 is 0 Å². The molecule has 0 saturated carbocycles.